The molecule has 102 valence electrons. The van der Waals surface area contributed by atoms with E-state index in [2.05, 4.69) is 25.2 Å². The van der Waals surface area contributed by atoms with Crippen LogP contribution in [-0.2, 0) is 5.41 Å². The first-order valence-electron chi connectivity index (χ1n) is 6.95. The van der Waals surface area contributed by atoms with Crippen LogP contribution in [-0.4, -0.2) is 23.8 Å². The largest absolute Gasteiger partial charge is 0.395 e. The molecule has 1 aromatic rings. The normalized spacial score (nSPS) is 27.6. The summed E-state index contributed by atoms with van der Waals surface area (Å²) in [5.41, 5.74) is 0.774. The molecule has 1 atom stereocenters. The number of rotatable bonds is 5. The van der Waals surface area contributed by atoms with E-state index in [-0.39, 0.29) is 18.1 Å². The second-order valence-corrected chi connectivity index (χ2v) is 5.86. The smallest absolute Gasteiger partial charge is 0.0852 e. The molecule has 0 spiro atoms. The average Bonchev–Trinajstić information content (AvgIpc) is 2.38. The van der Waals surface area contributed by atoms with Crippen LogP contribution in [0.1, 0.15) is 32.3 Å². The van der Waals surface area contributed by atoms with Crippen LogP contribution in [0.5, 0.6) is 0 Å². The molecule has 1 aliphatic rings. The summed E-state index contributed by atoms with van der Waals surface area (Å²) in [6.45, 7) is 4.35. The Morgan fingerprint density at radius 2 is 2.00 bits per heavy atom. The van der Waals surface area contributed by atoms with Gasteiger partial charge in [0.05, 0.1) is 18.1 Å². The third-order valence-electron chi connectivity index (χ3n) is 4.18. The molecule has 3 nitrogen and oxygen atoms in total. The maximum absolute atomic E-state index is 9.48. The van der Waals surface area contributed by atoms with Gasteiger partial charge in [-0.15, -0.1) is 0 Å². The molecule has 0 bridgehead atoms. The Labute approximate surface area is 115 Å². The average molecular weight is 258 g/mol. The predicted molar refractivity (Wildman–Crippen MR) is 75.6 cm³/mol. The highest BCUT2D eigenvalue weighted by atomic mass is 16.3. The van der Waals surface area contributed by atoms with Crippen LogP contribution in [0.4, 0.5) is 0 Å². The first-order chi connectivity index (χ1) is 9.11. The molecule has 0 heterocycles. The summed E-state index contributed by atoms with van der Waals surface area (Å²) < 4.78 is 0. The minimum Gasteiger partial charge on any atom is -0.395 e. The molecular formula is C16H22N2O. The van der Waals surface area contributed by atoms with Gasteiger partial charge >= 0.3 is 0 Å². The van der Waals surface area contributed by atoms with Crippen molar-refractivity contribution in [2.75, 3.05) is 6.61 Å². The van der Waals surface area contributed by atoms with Gasteiger partial charge in [-0.3, -0.25) is 0 Å². The zero-order valence-corrected chi connectivity index (χ0v) is 11.6. The Hall–Kier alpha value is -1.37. The Kier molecular flexibility index (Phi) is 4.24. The van der Waals surface area contributed by atoms with Crippen LogP contribution in [0.25, 0.3) is 0 Å². The van der Waals surface area contributed by atoms with E-state index >= 15 is 0 Å². The second kappa shape index (κ2) is 5.73. The molecule has 3 heteroatoms. The molecule has 1 fully saturated rings. The standard InChI is InChI=1S/C16H22N2O/c1-12(2)15(10-19)18-14-8-16(9-14,11-17)13-6-4-3-5-7-13/h3-7,12,14-15,18-19H,8-10H2,1-2H3. The van der Waals surface area contributed by atoms with Gasteiger partial charge in [0.1, 0.15) is 0 Å². The summed E-state index contributed by atoms with van der Waals surface area (Å²) in [4.78, 5) is 0. The molecule has 19 heavy (non-hydrogen) atoms. The van der Waals surface area contributed by atoms with Crippen molar-refractivity contribution in [2.24, 2.45) is 5.92 Å². The molecule has 2 rings (SSSR count). The SMILES string of the molecule is CC(C)C(CO)NC1CC(C#N)(c2ccccc2)C1. The van der Waals surface area contributed by atoms with Crippen molar-refractivity contribution in [2.45, 2.75) is 44.2 Å². The molecule has 0 amide bonds. The summed E-state index contributed by atoms with van der Waals surface area (Å²) in [7, 11) is 0. The lowest BCUT2D eigenvalue weighted by molar-refractivity contribution is 0.149. The number of aliphatic hydroxyl groups is 1. The Morgan fingerprint density at radius 1 is 1.37 bits per heavy atom. The molecule has 2 N–H and O–H groups in total. The minimum absolute atomic E-state index is 0.123. The zero-order chi connectivity index (χ0) is 13.9. The molecule has 0 saturated heterocycles. The van der Waals surface area contributed by atoms with Gasteiger partial charge in [0.2, 0.25) is 0 Å². The van der Waals surface area contributed by atoms with Gasteiger partial charge in [0.25, 0.3) is 0 Å². The summed E-state index contributed by atoms with van der Waals surface area (Å²) >= 11 is 0. The molecule has 1 aromatic carbocycles. The van der Waals surface area contributed by atoms with E-state index in [1.54, 1.807) is 0 Å². The van der Waals surface area contributed by atoms with Crippen molar-refractivity contribution in [3.8, 4) is 6.07 Å². The Bertz CT molecular complexity index is 444. The van der Waals surface area contributed by atoms with Crippen molar-refractivity contribution >= 4 is 0 Å². The fourth-order valence-corrected chi connectivity index (χ4v) is 2.81. The first kappa shape index (κ1) is 14.0. The third-order valence-corrected chi connectivity index (χ3v) is 4.18. The fraction of sp³-hybridized carbons (Fsp3) is 0.562. The third kappa shape index (κ3) is 2.80. The maximum Gasteiger partial charge on any atom is 0.0852 e. The molecule has 0 aromatic heterocycles. The van der Waals surface area contributed by atoms with Crippen LogP contribution < -0.4 is 5.32 Å². The highest BCUT2D eigenvalue weighted by Gasteiger charge is 2.46. The monoisotopic (exact) mass is 258 g/mol. The van der Waals surface area contributed by atoms with Crippen molar-refractivity contribution in [1.82, 2.24) is 5.32 Å². The van der Waals surface area contributed by atoms with Gasteiger partial charge in [-0.05, 0) is 24.3 Å². The second-order valence-electron chi connectivity index (χ2n) is 5.86. The van der Waals surface area contributed by atoms with E-state index in [1.807, 2.05) is 30.3 Å². The first-order valence-corrected chi connectivity index (χ1v) is 6.95. The van der Waals surface area contributed by atoms with Crippen LogP contribution in [0, 0.1) is 17.2 Å². The molecule has 1 unspecified atom stereocenters. The summed E-state index contributed by atoms with van der Waals surface area (Å²) in [5, 5.41) is 22.3. The molecule has 1 saturated carbocycles. The van der Waals surface area contributed by atoms with E-state index in [9.17, 15) is 10.4 Å². The van der Waals surface area contributed by atoms with Crippen LogP contribution in [0.3, 0.4) is 0 Å². The molecule has 0 radical (unpaired) electrons. The lowest BCUT2D eigenvalue weighted by Crippen LogP contribution is -2.55. The van der Waals surface area contributed by atoms with E-state index in [1.165, 1.54) is 0 Å². The van der Waals surface area contributed by atoms with Gasteiger partial charge < -0.3 is 10.4 Å². The van der Waals surface area contributed by atoms with Gasteiger partial charge in [-0.25, -0.2) is 0 Å². The maximum atomic E-state index is 9.48. The number of nitrogens with one attached hydrogen (secondary N) is 1. The van der Waals surface area contributed by atoms with E-state index < -0.39 is 0 Å². The molecule has 0 aliphatic heterocycles. The lowest BCUT2D eigenvalue weighted by Gasteiger charge is -2.45. The van der Waals surface area contributed by atoms with Crippen molar-refractivity contribution in [3.63, 3.8) is 0 Å². The van der Waals surface area contributed by atoms with Gasteiger partial charge in [-0.1, -0.05) is 44.2 Å². The van der Waals surface area contributed by atoms with E-state index in [0.29, 0.717) is 12.0 Å². The highest BCUT2D eigenvalue weighted by molar-refractivity contribution is 5.36. The molecule has 1 aliphatic carbocycles. The topological polar surface area (TPSA) is 56.0 Å². The quantitative estimate of drug-likeness (QED) is 0.851. The van der Waals surface area contributed by atoms with Crippen LogP contribution >= 0.6 is 0 Å². The zero-order valence-electron chi connectivity index (χ0n) is 11.6. The number of hydrogen-bond acceptors (Lipinski definition) is 3. The van der Waals surface area contributed by atoms with Gasteiger partial charge in [0, 0.05) is 12.1 Å². The molecular weight excluding hydrogens is 236 g/mol. The van der Waals surface area contributed by atoms with Crippen LogP contribution in [0.15, 0.2) is 30.3 Å². The Balaban J connectivity index is 1.99. The minimum atomic E-state index is -0.337. The summed E-state index contributed by atoms with van der Waals surface area (Å²) in [5.74, 6) is 0.402. The number of nitrogens with zero attached hydrogens (tertiary/aromatic N) is 1. The van der Waals surface area contributed by atoms with E-state index in [4.69, 9.17) is 0 Å². The van der Waals surface area contributed by atoms with Crippen molar-refractivity contribution in [3.05, 3.63) is 35.9 Å². The van der Waals surface area contributed by atoms with Crippen molar-refractivity contribution in [1.29, 1.82) is 5.26 Å². The number of aliphatic hydroxyl groups excluding tert-OH is 1. The van der Waals surface area contributed by atoms with Crippen molar-refractivity contribution < 1.29 is 5.11 Å². The van der Waals surface area contributed by atoms with Gasteiger partial charge in [-0.2, -0.15) is 5.26 Å². The van der Waals surface area contributed by atoms with E-state index in [0.717, 1.165) is 18.4 Å². The lowest BCUT2D eigenvalue weighted by atomic mass is 9.62. The summed E-state index contributed by atoms with van der Waals surface area (Å²) in [6.07, 6.45) is 1.66. The number of benzene rings is 1. The predicted octanol–water partition coefficient (Wildman–Crippen LogP) is 2.22. The number of nitriles is 1. The van der Waals surface area contributed by atoms with Crippen LogP contribution in [0.2, 0.25) is 0 Å². The fourth-order valence-electron chi connectivity index (χ4n) is 2.81. The Morgan fingerprint density at radius 3 is 2.47 bits per heavy atom. The highest BCUT2D eigenvalue weighted by Crippen LogP contribution is 2.43. The number of hydrogen-bond donors (Lipinski definition) is 2. The summed E-state index contributed by atoms with van der Waals surface area (Å²) in [6, 6.07) is 12.9. The van der Waals surface area contributed by atoms with Gasteiger partial charge in [0.15, 0.2) is 0 Å².